The zero-order valence-corrected chi connectivity index (χ0v) is 12.1. The summed E-state index contributed by atoms with van der Waals surface area (Å²) < 4.78 is 12.1. The van der Waals surface area contributed by atoms with Crippen LogP contribution in [0.4, 0.5) is 4.39 Å². The highest BCUT2D eigenvalue weighted by molar-refractivity contribution is 8.01. The van der Waals surface area contributed by atoms with Crippen LogP contribution in [0.15, 0.2) is 59.5 Å². The number of hydrogen-bond donors (Lipinski definition) is 1. The lowest BCUT2D eigenvalue weighted by Gasteiger charge is -2.44. The van der Waals surface area contributed by atoms with Gasteiger partial charge in [0.05, 0.1) is 0 Å². The molecule has 2 aromatic carbocycles. The molecule has 2 nitrogen and oxygen atoms in total. The second-order valence-corrected chi connectivity index (χ2v) is 6.83. The Morgan fingerprint density at radius 3 is 2.29 bits per heavy atom. The van der Waals surface area contributed by atoms with E-state index in [9.17, 15) is 14.3 Å². The predicted molar refractivity (Wildman–Crippen MR) is 81.0 cm³/mol. The predicted octanol–water partition coefficient (Wildman–Crippen LogP) is 4.32. The van der Waals surface area contributed by atoms with Gasteiger partial charge in [0.15, 0.2) is 0 Å². The molecule has 0 bridgehead atoms. The van der Waals surface area contributed by atoms with E-state index in [0.717, 1.165) is 4.90 Å². The summed E-state index contributed by atoms with van der Waals surface area (Å²) in [6.07, 6.45) is 1.21. The number of carboxylic acids is 1. The molecule has 1 aliphatic rings. The average molecular weight is 302 g/mol. The van der Waals surface area contributed by atoms with Crippen molar-refractivity contribution < 1.29 is 14.3 Å². The van der Waals surface area contributed by atoms with Crippen LogP contribution in [0.2, 0.25) is 0 Å². The number of aliphatic carboxylic acids is 1. The highest BCUT2D eigenvalue weighted by atomic mass is 32.2. The van der Waals surface area contributed by atoms with Crippen molar-refractivity contribution in [1.82, 2.24) is 0 Å². The molecule has 0 atom stereocenters. The quantitative estimate of drug-likeness (QED) is 0.914. The maximum atomic E-state index is 12.9. The normalized spacial score (nSPS) is 24.3. The molecule has 0 radical (unpaired) electrons. The van der Waals surface area contributed by atoms with Crippen LogP contribution in [-0.4, -0.2) is 15.8 Å². The molecular formula is C17H15FO2S. The van der Waals surface area contributed by atoms with Gasteiger partial charge in [-0.05, 0) is 48.6 Å². The number of carbonyl (C=O) groups is 1. The summed E-state index contributed by atoms with van der Waals surface area (Å²) in [5.74, 6) is -0.807. The molecule has 4 heteroatoms. The number of thioether (sulfide) groups is 1. The Labute approximate surface area is 127 Å². The fraction of sp³-hybridized carbons (Fsp3) is 0.235. The molecule has 0 heterocycles. The molecule has 0 spiro atoms. The molecule has 2 aromatic rings. The van der Waals surface area contributed by atoms with Gasteiger partial charge in [-0.3, -0.25) is 4.79 Å². The Morgan fingerprint density at radius 2 is 1.71 bits per heavy atom. The fourth-order valence-corrected chi connectivity index (χ4v) is 4.11. The number of rotatable bonds is 4. The minimum absolute atomic E-state index is 0.287. The van der Waals surface area contributed by atoms with Gasteiger partial charge < -0.3 is 5.11 Å². The van der Waals surface area contributed by atoms with Crippen LogP contribution in [0.1, 0.15) is 24.3 Å². The molecule has 21 heavy (non-hydrogen) atoms. The Kier molecular flexibility index (Phi) is 3.72. The van der Waals surface area contributed by atoms with Crippen molar-refractivity contribution in [1.29, 1.82) is 0 Å². The van der Waals surface area contributed by atoms with E-state index in [4.69, 9.17) is 0 Å². The molecule has 0 aromatic heterocycles. The van der Waals surface area contributed by atoms with E-state index in [2.05, 4.69) is 0 Å². The molecule has 0 amide bonds. The standard InChI is InChI=1S/C17H15FO2S/c18-14-6-8-15(9-7-14)21-17(16(19)20)10-13(11-17)12-4-2-1-3-5-12/h1-9,13H,10-11H2,(H,19,20). The van der Waals surface area contributed by atoms with Gasteiger partial charge in [-0.2, -0.15) is 0 Å². The first-order chi connectivity index (χ1) is 10.1. The molecule has 1 fully saturated rings. The van der Waals surface area contributed by atoms with Crippen LogP contribution in [-0.2, 0) is 4.79 Å². The molecule has 108 valence electrons. The van der Waals surface area contributed by atoms with E-state index in [0.29, 0.717) is 12.8 Å². The topological polar surface area (TPSA) is 37.3 Å². The number of benzene rings is 2. The molecule has 3 rings (SSSR count). The van der Waals surface area contributed by atoms with Gasteiger partial charge in [-0.15, -0.1) is 11.8 Å². The minimum atomic E-state index is -0.793. The van der Waals surface area contributed by atoms with Crippen molar-refractivity contribution in [3.8, 4) is 0 Å². The van der Waals surface area contributed by atoms with Crippen molar-refractivity contribution in [2.24, 2.45) is 0 Å². The van der Waals surface area contributed by atoms with E-state index in [1.165, 1.54) is 29.5 Å². The lowest BCUT2D eigenvalue weighted by atomic mass is 9.70. The Morgan fingerprint density at radius 1 is 1.10 bits per heavy atom. The Balaban J connectivity index is 1.75. The summed E-state index contributed by atoms with van der Waals surface area (Å²) >= 11 is 1.33. The fourth-order valence-electron chi connectivity index (χ4n) is 2.73. The number of hydrogen-bond acceptors (Lipinski definition) is 2. The zero-order chi connectivity index (χ0) is 14.9. The molecule has 0 unspecified atom stereocenters. The van der Waals surface area contributed by atoms with Crippen LogP contribution in [0.3, 0.4) is 0 Å². The third-order valence-corrected chi connectivity index (χ3v) is 5.35. The molecular weight excluding hydrogens is 287 g/mol. The molecule has 1 saturated carbocycles. The van der Waals surface area contributed by atoms with Gasteiger partial charge >= 0.3 is 5.97 Å². The smallest absolute Gasteiger partial charge is 0.320 e. The van der Waals surface area contributed by atoms with Gasteiger partial charge in [0, 0.05) is 4.90 Å². The SMILES string of the molecule is O=C(O)C1(Sc2ccc(F)cc2)CC(c2ccccc2)C1. The van der Waals surface area contributed by atoms with Crippen LogP contribution >= 0.6 is 11.8 Å². The van der Waals surface area contributed by atoms with Gasteiger partial charge in [-0.25, -0.2) is 4.39 Å². The summed E-state index contributed by atoms with van der Waals surface area (Å²) in [6.45, 7) is 0. The molecule has 1 aliphatic carbocycles. The maximum absolute atomic E-state index is 12.9. The second kappa shape index (κ2) is 5.53. The summed E-state index contributed by atoms with van der Waals surface area (Å²) in [5, 5.41) is 9.57. The average Bonchev–Trinajstić information content (AvgIpc) is 2.45. The Hall–Kier alpha value is -1.81. The van der Waals surface area contributed by atoms with Gasteiger partial charge in [0.2, 0.25) is 0 Å². The number of halogens is 1. The van der Waals surface area contributed by atoms with Crippen molar-refractivity contribution >= 4 is 17.7 Å². The second-order valence-electron chi connectivity index (χ2n) is 5.37. The van der Waals surface area contributed by atoms with E-state index in [1.807, 2.05) is 30.3 Å². The summed E-state index contributed by atoms with van der Waals surface area (Å²) in [4.78, 5) is 12.5. The molecule has 0 saturated heterocycles. The van der Waals surface area contributed by atoms with Crippen LogP contribution in [0.5, 0.6) is 0 Å². The maximum Gasteiger partial charge on any atom is 0.320 e. The highest BCUT2D eigenvalue weighted by Gasteiger charge is 2.51. The first kappa shape index (κ1) is 14.1. The third kappa shape index (κ3) is 2.81. The first-order valence-electron chi connectivity index (χ1n) is 6.82. The van der Waals surface area contributed by atoms with Crippen molar-refractivity contribution in [2.45, 2.75) is 28.4 Å². The van der Waals surface area contributed by atoms with Crippen molar-refractivity contribution in [2.75, 3.05) is 0 Å². The third-order valence-electron chi connectivity index (χ3n) is 3.94. The summed E-state index contributed by atoms with van der Waals surface area (Å²) in [7, 11) is 0. The van der Waals surface area contributed by atoms with Gasteiger partial charge in [0.1, 0.15) is 10.6 Å². The van der Waals surface area contributed by atoms with E-state index >= 15 is 0 Å². The zero-order valence-electron chi connectivity index (χ0n) is 11.3. The summed E-state index contributed by atoms with van der Waals surface area (Å²) in [5.41, 5.74) is 1.19. The lowest BCUT2D eigenvalue weighted by Crippen LogP contribution is -2.46. The molecule has 0 aliphatic heterocycles. The van der Waals surface area contributed by atoms with Crippen LogP contribution in [0, 0.1) is 5.82 Å². The van der Waals surface area contributed by atoms with Crippen molar-refractivity contribution in [3.05, 3.63) is 66.0 Å². The van der Waals surface area contributed by atoms with E-state index < -0.39 is 10.7 Å². The molecule has 1 N–H and O–H groups in total. The number of carboxylic acid groups (broad SMARTS) is 1. The van der Waals surface area contributed by atoms with Crippen LogP contribution in [0.25, 0.3) is 0 Å². The van der Waals surface area contributed by atoms with Crippen molar-refractivity contribution in [3.63, 3.8) is 0 Å². The Bertz CT molecular complexity index is 634. The lowest BCUT2D eigenvalue weighted by molar-refractivity contribution is -0.142. The van der Waals surface area contributed by atoms with Gasteiger partial charge in [0.25, 0.3) is 0 Å². The van der Waals surface area contributed by atoms with Gasteiger partial charge in [-0.1, -0.05) is 30.3 Å². The summed E-state index contributed by atoms with van der Waals surface area (Å²) in [6, 6.07) is 16.0. The largest absolute Gasteiger partial charge is 0.480 e. The van der Waals surface area contributed by atoms with Crippen LogP contribution < -0.4 is 0 Å². The minimum Gasteiger partial charge on any atom is -0.480 e. The van der Waals surface area contributed by atoms with E-state index in [1.54, 1.807) is 12.1 Å². The van der Waals surface area contributed by atoms with E-state index in [-0.39, 0.29) is 11.7 Å². The highest BCUT2D eigenvalue weighted by Crippen LogP contribution is 2.55. The first-order valence-corrected chi connectivity index (χ1v) is 7.64. The monoisotopic (exact) mass is 302 g/mol.